The summed E-state index contributed by atoms with van der Waals surface area (Å²) in [5, 5.41) is 13.1. The zero-order chi connectivity index (χ0) is 18.0. The molecule has 1 aliphatic carbocycles. The van der Waals surface area contributed by atoms with Gasteiger partial charge in [0.2, 0.25) is 0 Å². The van der Waals surface area contributed by atoms with Crippen molar-refractivity contribution in [1.29, 1.82) is 0 Å². The fourth-order valence-electron chi connectivity index (χ4n) is 3.80. The SMILES string of the molecule is COc1ccnc(C(=O)NC2CC(c3ccco3)CC(C)(C)C2)c1O. The summed E-state index contributed by atoms with van der Waals surface area (Å²) in [6.45, 7) is 4.39. The van der Waals surface area contributed by atoms with Crippen molar-refractivity contribution in [3.05, 3.63) is 42.1 Å². The quantitative estimate of drug-likeness (QED) is 0.887. The summed E-state index contributed by atoms with van der Waals surface area (Å²) in [6, 6.07) is 5.38. The van der Waals surface area contributed by atoms with E-state index in [1.165, 1.54) is 19.4 Å². The summed E-state index contributed by atoms with van der Waals surface area (Å²) < 4.78 is 10.6. The van der Waals surface area contributed by atoms with Gasteiger partial charge in [-0.15, -0.1) is 0 Å². The Balaban J connectivity index is 1.76. The smallest absolute Gasteiger partial charge is 0.274 e. The van der Waals surface area contributed by atoms with Crippen LogP contribution in [0.5, 0.6) is 11.5 Å². The van der Waals surface area contributed by atoms with Crippen LogP contribution in [0.15, 0.2) is 35.1 Å². The molecule has 3 rings (SSSR count). The number of aromatic nitrogens is 1. The van der Waals surface area contributed by atoms with Crippen molar-refractivity contribution in [2.75, 3.05) is 7.11 Å². The third-order valence-electron chi connectivity index (χ3n) is 4.77. The zero-order valence-electron chi connectivity index (χ0n) is 14.8. The van der Waals surface area contributed by atoms with Crippen molar-refractivity contribution in [1.82, 2.24) is 10.3 Å². The molecule has 2 aromatic heterocycles. The van der Waals surface area contributed by atoms with Gasteiger partial charge >= 0.3 is 0 Å². The van der Waals surface area contributed by atoms with Crippen molar-refractivity contribution < 1.29 is 19.1 Å². The topological polar surface area (TPSA) is 84.6 Å². The molecule has 0 radical (unpaired) electrons. The molecule has 0 aliphatic heterocycles. The molecule has 1 saturated carbocycles. The van der Waals surface area contributed by atoms with Crippen LogP contribution in [-0.4, -0.2) is 29.1 Å². The first-order chi connectivity index (χ1) is 11.9. The van der Waals surface area contributed by atoms with Gasteiger partial charge in [0.25, 0.3) is 5.91 Å². The van der Waals surface area contributed by atoms with Crippen LogP contribution < -0.4 is 10.1 Å². The Hall–Kier alpha value is -2.50. The van der Waals surface area contributed by atoms with E-state index in [0.717, 1.165) is 25.0 Å². The second-order valence-corrected chi connectivity index (χ2v) is 7.40. The van der Waals surface area contributed by atoms with Crippen LogP contribution in [0.3, 0.4) is 0 Å². The Morgan fingerprint density at radius 2 is 2.20 bits per heavy atom. The van der Waals surface area contributed by atoms with E-state index in [2.05, 4.69) is 24.1 Å². The normalized spacial score (nSPS) is 22.4. The highest BCUT2D eigenvalue weighted by Gasteiger charge is 2.37. The highest BCUT2D eigenvalue weighted by atomic mass is 16.5. The molecule has 2 N–H and O–H groups in total. The Kier molecular flexibility index (Phi) is 4.70. The Morgan fingerprint density at radius 1 is 1.40 bits per heavy atom. The van der Waals surface area contributed by atoms with Crippen LogP contribution in [0.2, 0.25) is 0 Å². The molecular formula is C19H24N2O4. The minimum absolute atomic E-state index is 0.0150. The van der Waals surface area contributed by atoms with Gasteiger partial charge in [0.05, 0.1) is 13.4 Å². The van der Waals surface area contributed by atoms with Crippen LogP contribution in [0.4, 0.5) is 0 Å². The van der Waals surface area contributed by atoms with Gasteiger partial charge < -0.3 is 19.6 Å². The average Bonchev–Trinajstić information content (AvgIpc) is 3.08. The molecule has 0 spiro atoms. The molecule has 1 aliphatic rings. The lowest BCUT2D eigenvalue weighted by Gasteiger charge is -2.39. The summed E-state index contributed by atoms with van der Waals surface area (Å²) in [6.07, 6.45) is 5.80. The highest BCUT2D eigenvalue weighted by molar-refractivity contribution is 5.95. The number of nitrogens with one attached hydrogen (secondary N) is 1. The molecule has 6 nitrogen and oxygen atoms in total. The molecule has 2 aromatic rings. The summed E-state index contributed by atoms with van der Waals surface area (Å²) in [7, 11) is 1.44. The highest BCUT2D eigenvalue weighted by Crippen LogP contribution is 2.43. The van der Waals surface area contributed by atoms with E-state index in [9.17, 15) is 9.90 Å². The molecular weight excluding hydrogens is 320 g/mol. The number of carbonyl (C=O) groups excluding carboxylic acids is 1. The lowest BCUT2D eigenvalue weighted by molar-refractivity contribution is 0.0878. The molecule has 2 atom stereocenters. The van der Waals surface area contributed by atoms with E-state index in [-0.39, 0.29) is 34.6 Å². The van der Waals surface area contributed by atoms with Crippen LogP contribution in [0.1, 0.15) is 55.3 Å². The van der Waals surface area contributed by atoms with Gasteiger partial charge in [-0.2, -0.15) is 0 Å². The molecule has 134 valence electrons. The average molecular weight is 344 g/mol. The number of rotatable bonds is 4. The first-order valence-corrected chi connectivity index (χ1v) is 8.46. The predicted molar refractivity (Wildman–Crippen MR) is 92.8 cm³/mol. The summed E-state index contributed by atoms with van der Waals surface area (Å²) in [5.74, 6) is 0.820. The number of hydrogen-bond donors (Lipinski definition) is 2. The molecule has 6 heteroatoms. The number of amides is 1. The lowest BCUT2D eigenvalue weighted by atomic mass is 9.69. The molecule has 0 aromatic carbocycles. The number of pyridine rings is 1. The maximum absolute atomic E-state index is 12.6. The number of carbonyl (C=O) groups is 1. The predicted octanol–water partition coefficient (Wildman–Crippen LogP) is 3.48. The van der Waals surface area contributed by atoms with Crippen molar-refractivity contribution in [3.63, 3.8) is 0 Å². The second-order valence-electron chi connectivity index (χ2n) is 7.40. The minimum atomic E-state index is -0.391. The van der Waals surface area contributed by atoms with E-state index < -0.39 is 5.91 Å². The molecule has 2 unspecified atom stereocenters. The molecule has 2 heterocycles. The Bertz CT molecular complexity index is 740. The van der Waals surface area contributed by atoms with Gasteiger partial charge in [-0.05, 0) is 36.8 Å². The van der Waals surface area contributed by atoms with E-state index in [4.69, 9.17) is 9.15 Å². The maximum Gasteiger partial charge on any atom is 0.274 e. The van der Waals surface area contributed by atoms with Gasteiger partial charge in [-0.1, -0.05) is 13.8 Å². The van der Waals surface area contributed by atoms with Crippen molar-refractivity contribution in [2.45, 2.75) is 45.1 Å². The van der Waals surface area contributed by atoms with E-state index in [1.54, 1.807) is 6.26 Å². The number of ether oxygens (including phenoxy) is 1. The van der Waals surface area contributed by atoms with Gasteiger partial charge in [-0.3, -0.25) is 4.79 Å². The van der Waals surface area contributed by atoms with Crippen LogP contribution >= 0.6 is 0 Å². The summed E-state index contributed by atoms with van der Waals surface area (Å²) >= 11 is 0. The minimum Gasteiger partial charge on any atom is -0.503 e. The largest absolute Gasteiger partial charge is 0.503 e. The molecule has 25 heavy (non-hydrogen) atoms. The number of aromatic hydroxyl groups is 1. The van der Waals surface area contributed by atoms with Crippen LogP contribution in [-0.2, 0) is 0 Å². The third-order valence-corrected chi connectivity index (χ3v) is 4.77. The fourth-order valence-corrected chi connectivity index (χ4v) is 3.80. The number of hydrogen-bond acceptors (Lipinski definition) is 5. The van der Waals surface area contributed by atoms with Gasteiger partial charge in [-0.25, -0.2) is 4.98 Å². The Labute approximate surface area is 147 Å². The summed E-state index contributed by atoms with van der Waals surface area (Å²) in [5.41, 5.74) is 0.0644. The molecule has 0 bridgehead atoms. The first-order valence-electron chi connectivity index (χ1n) is 8.46. The molecule has 0 saturated heterocycles. The van der Waals surface area contributed by atoms with Crippen molar-refractivity contribution in [3.8, 4) is 11.5 Å². The monoisotopic (exact) mass is 344 g/mol. The van der Waals surface area contributed by atoms with Crippen molar-refractivity contribution in [2.24, 2.45) is 5.41 Å². The number of furan rings is 1. The van der Waals surface area contributed by atoms with Crippen LogP contribution in [0, 0.1) is 5.41 Å². The van der Waals surface area contributed by atoms with E-state index in [1.807, 2.05) is 12.1 Å². The molecule has 1 fully saturated rings. The van der Waals surface area contributed by atoms with E-state index >= 15 is 0 Å². The van der Waals surface area contributed by atoms with E-state index in [0.29, 0.717) is 0 Å². The fraction of sp³-hybridized carbons (Fsp3) is 0.474. The lowest BCUT2D eigenvalue weighted by Crippen LogP contribution is -2.43. The standard InChI is InChI=1S/C19H24N2O4/c1-19(2)10-12(14-5-4-8-25-14)9-13(11-19)21-18(23)16-17(22)15(24-3)6-7-20-16/h4-8,12-13,22H,9-11H2,1-3H3,(H,21,23). The Morgan fingerprint density at radius 3 is 2.88 bits per heavy atom. The maximum atomic E-state index is 12.6. The van der Waals surface area contributed by atoms with Gasteiger partial charge in [0.15, 0.2) is 17.2 Å². The summed E-state index contributed by atoms with van der Waals surface area (Å²) in [4.78, 5) is 16.6. The van der Waals surface area contributed by atoms with Gasteiger partial charge in [0, 0.05) is 24.2 Å². The van der Waals surface area contributed by atoms with Crippen molar-refractivity contribution >= 4 is 5.91 Å². The number of nitrogens with zero attached hydrogens (tertiary/aromatic N) is 1. The first kappa shape index (κ1) is 17.3. The zero-order valence-corrected chi connectivity index (χ0v) is 14.8. The van der Waals surface area contributed by atoms with Gasteiger partial charge in [0.1, 0.15) is 5.76 Å². The second kappa shape index (κ2) is 6.78. The molecule has 1 amide bonds. The van der Waals surface area contributed by atoms with Crippen LogP contribution in [0.25, 0.3) is 0 Å². The number of methoxy groups -OCH3 is 1. The third kappa shape index (κ3) is 3.78.